The van der Waals surface area contributed by atoms with Crippen LogP contribution >= 0.6 is 0 Å². The second-order valence-corrected chi connectivity index (χ2v) is 8.90. The number of hydrogen-bond acceptors (Lipinski definition) is 4. The highest BCUT2D eigenvalue weighted by Crippen LogP contribution is 2.35. The van der Waals surface area contributed by atoms with Crippen LogP contribution in [0.15, 0.2) is 67.1 Å². The topological polar surface area (TPSA) is 39.5 Å². The maximum absolute atomic E-state index is 5.56. The Kier molecular flexibility index (Phi) is 6.05. The van der Waals surface area contributed by atoms with Crippen molar-refractivity contribution in [2.45, 2.75) is 31.8 Å². The Labute approximate surface area is 195 Å². The van der Waals surface area contributed by atoms with E-state index in [9.17, 15) is 0 Å². The molecule has 0 amide bonds. The predicted octanol–water partition coefficient (Wildman–Crippen LogP) is 5.87. The Balaban J connectivity index is 1.57. The number of piperidine rings is 1. The van der Waals surface area contributed by atoms with Gasteiger partial charge >= 0.3 is 0 Å². The van der Waals surface area contributed by atoms with E-state index in [1.165, 1.54) is 42.3 Å². The van der Waals surface area contributed by atoms with Gasteiger partial charge in [-0.3, -0.25) is 4.98 Å². The molecule has 5 nitrogen and oxygen atoms in total. The molecule has 1 fully saturated rings. The lowest BCUT2D eigenvalue weighted by Crippen LogP contribution is -2.38. The molecule has 1 unspecified atom stereocenters. The Hall–Kier alpha value is -3.31. The van der Waals surface area contributed by atoms with Gasteiger partial charge in [-0.05, 0) is 68.4 Å². The zero-order valence-corrected chi connectivity index (χ0v) is 19.6. The highest BCUT2D eigenvalue weighted by Gasteiger charge is 2.21. The van der Waals surface area contributed by atoms with Crippen molar-refractivity contribution in [2.75, 3.05) is 27.8 Å². The fourth-order valence-electron chi connectivity index (χ4n) is 4.91. The number of rotatable bonds is 6. The molecule has 5 rings (SSSR count). The van der Waals surface area contributed by atoms with Crippen LogP contribution in [0, 0.1) is 0 Å². The third-order valence-electron chi connectivity index (χ3n) is 6.89. The number of likely N-dealkylation sites (N-methyl/N-ethyl adjacent to an activating group) is 1. The van der Waals surface area contributed by atoms with E-state index in [2.05, 4.69) is 64.1 Å². The SMILES string of the molecule is COc1ccc(-c2cncc(-c3cn(CC4CCCCN4C)c4ccc(OC)cc34)c2)cc1. The van der Waals surface area contributed by atoms with Crippen LogP contribution in [0.1, 0.15) is 19.3 Å². The van der Waals surface area contributed by atoms with Crippen LogP contribution < -0.4 is 9.47 Å². The van der Waals surface area contributed by atoms with Crippen LogP contribution in [-0.4, -0.2) is 48.3 Å². The van der Waals surface area contributed by atoms with Crippen molar-refractivity contribution in [3.8, 4) is 33.8 Å². The molecular formula is C28H31N3O2. The van der Waals surface area contributed by atoms with E-state index in [4.69, 9.17) is 9.47 Å². The van der Waals surface area contributed by atoms with Crippen LogP contribution in [-0.2, 0) is 6.54 Å². The molecule has 1 saturated heterocycles. The van der Waals surface area contributed by atoms with E-state index >= 15 is 0 Å². The van der Waals surface area contributed by atoms with Gasteiger partial charge in [0.25, 0.3) is 0 Å². The lowest BCUT2D eigenvalue weighted by molar-refractivity contribution is 0.169. The normalized spacial score (nSPS) is 16.8. The van der Waals surface area contributed by atoms with Gasteiger partial charge in [-0.25, -0.2) is 0 Å². The second kappa shape index (κ2) is 9.28. The van der Waals surface area contributed by atoms with E-state index in [0.29, 0.717) is 6.04 Å². The van der Waals surface area contributed by atoms with Crippen molar-refractivity contribution < 1.29 is 9.47 Å². The zero-order chi connectivity index (χ0) is 22.8. The van der Waals surface area contributed by atoms with Gasteiger partial charge in [0, 0.05) is 58.8 Å². The van der Waals surface area contributed by atoms with E-state index in [-0.39, 0.29) is 0 Å². The van der Waals surface area contributed by atoms with Gasteiger partial charge in [0.15, 0.2) is 0 Å². The minimum absolute atomic E-state index is 0.563. The highest BCUT2D eigenvalue weighted by molar-refractivity contribution is 5.97. The molecule has 33 heavy (non-hydrogen) atoms. The Morgan fingerprint density at radius 3 is 2.39 bits per heavy atom. The van der Waals surface area contributed by atoms with Crippen LogP contribution in [0.2, 0.25) is 0 Å². The zero-order valence-electron chi connectivity index (χ0n) is 19.6. The minimum atomic E-state index is 0.563. The predicted molar refractivity (Wildman–Crippen MR) is 134 cm³/mol. The molecule has 0 radical (unpaired) electrons. The summed E-state index contributed by atoms with van der Waals surface area (Å²) in [5, 5.41) is 1.20. The Morgan fingerprint density at radius 2 is 1.64 bits per heavy atom. The molecule has 2 aromatic heterocycles. The number of aromatic nitrogens is 2. The number of hydrogen-bond donors (Lipinski definition) is 0. The van der Waals surface area contributed by atoms with Gasteiger partial charge in [-0.1, -0.05) is 18.6 Å². The fourth-order valence-corrected chi connectivity index (χ4v) is 4.91. The van der Waals surface area contributed by atoms with E-state index in [0.717, 1.165) is 34.7 Å². The molecule has 1 aliphatic rings. The van der Waals surface area contributed by atoms with Gasteiger partial charge in [0.2, 0.25) is 0 Å². The number of methoxy groups -OCH3 is 2. The van der Waals surface area contributed by atoms with Gasteiger partial charge in [-0.2, -0.15) is 0 Å². The maximum Gasteiger partial charge on any atom is 0.119 e. The number of benzene rings is 2. The number of likely N-dealkylation sites (tertiary alicyclic amines) is 1. The van der Waals surface area contributed by atoms with Gasteiger partial charge in [0.1, 0.15) is 11.5 Å². The van der Waals surface area contributed by atoms with E-state index < -0.39 is 0 Å². The number of pyridine rings is 1. The summed E-state index contributed by atoms with van der Waals surface area (Å²) in [6, 6.07) is 17.3. The van der Waals surface area contributed by atoms with Crippen LogP contribution in [0.5, 0.6) is 11.5 Å². The third-order valence-corrected chi connectivity index (χ3v) is 6.89. The van der Waals surface area contributed by atoms with Gasteiger partial charge in [0.05, 0.1) is 14.2 Å². The lowest BCUT2D eigenvalue weighted by atomic mass is 10.0. The van der Waals surface area contributed by atoms with Crippen molar-refractivity contribution >= 4 is 10.9 Å². The van der Waals surface area contributed by atoms with E-state index in [1.807, 2.05) is 24.5 Å². The molecule has 0 aliphatic carbocycles. The molecule has 3 heterocycles. The maximum atomic E-state index is 5.56. The molecule has 0 N–H and O–H groups in total. The monoisotopic (exact) mass is 441 g/mol. The molecule has 0 saturated carbocycles. The number of ether oxygens (including phenoxy) is 2. The molecule has 1 aliphatic heterocycles. The summed E-state index contributed by atoms with van der Waals surface area (Å²) in [5.41, 5.74) is 5.74. The first kappa shape index (κ1) is 21.5. The number of nitrogens with zero attached hydrogens (tertiary/aromatic N) is 3. The molecule has 0 bridgehead atoms. The largest absolute Gasteiger partial charge is 0.497 e. The van der Waals surface area contributed by atoms with Crippen molar-refractivity contribution in [2.24, 2.45) is 0 Å². The van der Waals surface area contributed by atoms with Crippen molar-refractivity contribution in [1.29, 1.82) is 0 Å². The lowest BCUT2D eigenvalue weighted by Gasteiger charge is -2.32. The van der Waals surface area contributed by atoms with Gasteiger partial charge in [-0.15, -0.1) is 0 Å². The number of fused-ring (bicyclic) bond motifs is 1. The van der Waals surface area contributed by atoms with Crippen LogP contribution in [0.4, 0.5) is 0 Å². The molecule has 0 spiro atoms. The smallest absolute Gasteiger partial charge is 0.119 e. The average Bonchev–Trinajstić information content (AvgIpc) is 3.23. The minimum Gasteiger partial charge on any atom is -0.497 e. The molecule has 1 atom stereocenters. The molecule has 170 valence electrons. The molecule has 2 aromatic carbocycles. The molecule has 5 heteroatoms. The Bertz CT molecular complexity index is 1250. The average molecular weight is 442 g/mol. The van der Waals surface area contributed by atoms with Crippen molar-refractivity contribution in [1.82, 2.24) is 14.5 Å². The quantitative estimate of drug-likeness (QED) is 0.375. The fraction of sp³-hybridized carbons (Fsp3) is 0.321. The summed E-state index contributed by atoms with van der Waals surface area (Å²) in [4.78, 5) is 7.09. The summed E-state index contributed by atoms with van der Waals surface area (Å²) in [5.74, 6) is 1.72. The first-order valence-electron chi connectivity index (χ1n) is 11.6. The summed E-state index contributed by atoms with van der Waals surface area (Å²) in [6.07, 6.45) is 10.0. The second-order valence-electron chi connectivity index (χ2n) is 8.90. The summed E-state index contributed by atoms with van der Waals surface area (Å²) in [6.45, 7) is 2.17. The van der Waals surface area contributed by atoms with Gasteiger partial charge < -0.3 is 18.9 Å². The van der Waals surface area contributed by atoms with E-state index in [1.54, 1.807) is 14.2 Å². The standard InChI is InChI=1S/C28H31N3O2/c1-30-13-5-4-6-23(30)18-31-19-27(26-15-25(33-3)11-12-28(26)31)22-14-21(16-29-17-22)20-7-9-24(32-2)10-8-20/h7-12,14-17,19,23H,4-6,13,18H2,1-3H3. The van der Waals surface area contributed by atoms with Crippen LogP contribution in [0.3, 0.4) is 0 Å². The van der Waals surface area contributed by atoms with Crippen LogP contribution in [0.25, 0.3) is 33.2 Å². The first-order chi connectivity index (χ1) is 16.2. The third kappa shape index (κ3) is 4.33. The summed E-state index contributed by atoms with van der Waals surface area (Å²) in [7, 11) is 5.66. The molecular weight excluding hydrogens is 410 g/mol. The highest BCUT2D eigenvalue weighted by atomic mass is 16.5. The first-order valence-corrected chi connectivity index (χ1v) is 11.6. The summed E-state index contributed by atoms with van der Waals surface area (Å²) >= 11 is 0. The summed E-state index contributed by atoms with van der Waals surface area (Å²) < 4.78 is 13.3. The van der Waals surface area contributed by atoms with Crippen molar-refractivity contribution in [3.05, 3.63) is 67.1 Å². The van der Waals surface area contributed by atoms with Crippen molar-refractivity contribution in [3.63, 3.8) is 0 Å². The Morgan fingerprint density at radius 1 is 0.879 bits per heavy atom. The molecule has 4 aromatic rings.